The van der Waals surface area contributed by atoms with Crippen molar-refractivity contribution in [2.45, 2.75) is 38.1 Å². The minimum absolute atomic E-state index is 0.138. The van der Waals surface area contributed by atoms with E-state index in [0.717, 1.165) is 49.2 Å². The summed E-state index contributed by atoms with van der Waals surface area (Å²) in [5, 5.41) is 2.69. The Kier molecular flexibility index (Phi) is 5.13. The van der Waals surface area contributed by atoms with Crippen molar-refractivity contribution in [1.82, 2.24) is 15.1 Å². The monoisotopic (exact) mass is 329 g/mol. The van der Waals surface area contributed by atoms with Crippen molar-refractivity contribution < 1.29 is 14.4 Å². The number of imide groups is 1. The number of likely N-dealkylation sites (tertiary alicyclic amines) is 1. The molecule has 1 atom stereocenters. The molecule has 0 aliphatic carbocycles. The van der Waals surface area contributed by atoms with E-state index in [4.69, 9.17) is 0 Å². The SMILES string of the molecule is O=C(CN1C(=O)N[C@@H](Cc2ccccc2)C1=O)N1CCCCCC1. The third kappa shape index (κ3) is 3.75. The van der Waals surface area contributed by atoms with E-state index < -0.39 is 12.1 Å². The Labute approximate surface area is 141 Å². The molecule has 6 heteroatoms. The van der Waals surface area contributed by atoms with Gasteiger partial charge in [-0.3, -0.25) is 14.5 Å². The van der Waals surface area contributed by atoms with Crippen LogP contribution in [0.1, 0.15) is 31.2 Å². The zero-order valence-corrected chi connectivity index (χ0v) is 13.7. The fourth-order valence-corrected chi connectivity index (χ4v) is 3.27. The quantitative estimate of drug-likeness (QED) is 0.852. The van der Waals surface area contributed by atoms with Crippen LogP contribution in [-0.4, -0.2) is 53.3 Å². The Morgan fingerprint density at radius 2 is 1.71 bits per heavy atom. The van der Waals surface area contributed by atoms with Crippen LogP contribution in [0.4, 0.5) is 4.79 Å². The number of nitrogens with one attached hydrogen (secondary N) is 1. The molecule has 0 aromatic heterocycles. The molecule has 1 aromatic rings. The van der Waals surface area contributed by atoms with Gasteiger partial charge in [-0.15, -0.1) is 0 Å². The van der Waals surface area contributed by atoms with Crippen LogP contribution in [0, 0.1) is 0 Å². The molecule has 128 valence electrons. The van der Waals surface area contributed by atoms with Gasteiger partial charge < -0.3 is 10.2 Å². The van der Waals surface area contributed by atoms with Gasteiger partial charge in [0.15, 0.2) is 0 Å². The van der Waals surface area contributed by atoms with Crippen LogP contribution in [0.25, 0.3) is 0 Å². The summed E-state index contributed by atoms with van der Waals surface area (Å²) >= 11 is 0. The lowest BCUT2D eigenvalue weighted by molar-refractivity contribution is -0.137. The van der Waals surface area contributed by atoms with Gasteiger partial charge in [0.1, 0.15) is 12.6 Å². The number of carbonyl (C=O) groups excluding carboxylic acids is 3. The third-order valence-electron chi connectivity index (χ3n) is 4.64. The van der Waals surface area contributed by atoms with Gasteiger partial charge in [0.2, 0.25) is 5.91 Å². The van der Waals surface area contributed by atoms with Gasteiger partial charge in [-0.05, 0) is 18.4 Å². The molecule has 3 rings (SSSR count). The highest BCUT2D eigenvalue weighted by Crippen LogP contribution is 2.14. The second-order valence-electron chi connectivity index (χ2n) is 6.41. The van der Waals surface area contributed by atoms with E-state index in [9.17, 15) is 14.4 Å². The number of benzene rings is 1. The van der Waals surface area contributed by atoms with Gasteiger partial charge in [-0.2, -0.15) is 0 Å². The molecular formula is C18H23N3O3. The number of urea groups is 1. The maximum absolute atomic E-state index is 12.5. The number of carbonyl (C=O) groups is 3. The van der Waals surface area contributed by atoms with Gasteiger partial charge in [0, 0.05) is 19.5 Å². The molecule has 24 heavy (non-hydrogen) atoms. The summed E-state index contributed by atoms with van der Waals surface area (Å²) in [5.74, 6) is -0.451. The van der Waals surface area contributed by atoms with Gasteiger partial charge in [-0.1, -0.05) is 43.2 Å². The third-order valence-corrected chi connectivity index (χ3v) is 4.64. The number of hydrogen-bond acceptors (Lipinski definition) is 3. The molecule has 2 heterocycles. The Bertz CT molecular complexity index is 609. The van der Waals surface area contributed by atoms with Crippen LogP contribution in [0.5, 0.6) is 0 Å². The fourth-order valence-electron chi connectivity index (χ4n) is 3.27. The standard InChI is InChI=1S/C18H23N3O3/c22-16(20-10-6-1-2-7-11-20)13-21-17(23)15(19-18(21)24)12-14-8-4-3-5-9-14/h3-5,8-9,15H,1-2,6-7,10-13H2,(H,19,24)/t15-/m0/s1. The Balaban J connectivity index is 1.60. The van der Waals surface area contributed by atoms with Crippen molar-refractivity contribution in [1.29, 1.82) is 0 Å². The molecule has 2 fully saturated rings. The van der Waals surface area contributed by atoms with Crippen LogP contribution in [0.2, 0.25) is 0 Å². The molecule has 0 radical (unpaired) electrons. The summed E-state index contributed by atoms with van der Waals surface area (Å²) in [6.45, 7) is 1.28. The maximum Gasteiger partial charge on any atom is 0.325 e. The first-order valence-electron chi connectivity index (χ1n) is 8.59. The van der Waals surface area contributed by atoms with Crippen LogP contribution >= 0.6 is 0 Å². The second-order valence-corrected chi connectivity index (χ2v) is 6.41. The number of hydrogen-bond donors (Lipinski definition) is 1. The van der Waals surface area contributed by atoms with Crippen molar-refractivity contribution in [3.63, 3.8) is 0 Å². The van der Waals surface area contributed by atoms with Crippen LogP contribution in [0.15, 0.2) is 30.3 Å². The number of rotatable bonds is 4. The highest BCUT2D eigenvalue weighted by atomic mass is 16.2. The predicted octanol–water partition coefficient (Wildman–Crippen LogP) is 1.55. The molecule has 2 aliphatic heterocycles. The summed E-state index contributed by atoms with van der Waals surface area (Å²) in [5.41, 5.74) is 0.983. The average molecular weight is 329 g/mol. The summed E-state index contributed by atoms with van der Waals surface area (Å²) in [6, 6.07) is 8.50. The molecule has 1 aromatic carbocycles. The molecule has 1 N–H and O–H groups in total. The molecule has 4 amide bonds. The lowest BCUT2D eigenvalue weighted by atomic mass is 10.1. The molecule has 6 nitrogen and oxygen atoms in total. The Morgan fingerprint density at radius 3 is 2.38 bits per heavy atom. The Hall–Kier alpha value is -2.37. The molecule has 0 bridgehead atoms. The van der Waals surface area contributed by atoms with Gasteiger partial charge in [0.05, 0.1) is 0 Å². The topological polar surface area (TPSA) is 69.7 Å². The van der Waals surface area contributed by atoms with Crippen molar-refractivity contribution in [2.75, 3.05) is 19.6 Å². The van der Waals surface area contributed by atoms with Crippen molar-refractivity contribution >= 4 is 17.8 Å². The molecule has 0 saturated carbocycles. The largest absolute Gasteiger partial charge is 0.341 e. The maximum atomic E-state index is 12.5. The van der Waals surface area contributed by atoms with E-state index in [2.05, 4.69) is 5.32 Å². The normalized spacial score (nSPS) is 21.6. The summed E-state index contributed by atoms with van der Waals surface area (Å²) < 4.78 is 0. The lowest BCUT2D eigenvalue weighted by Crippen LogP contribution is -2.43. The minimum atomic E-state index is -0.586. The smallest absolute Gasteiger partial charge is 0.325 e. The highest BCUT2D eigenvalue weighted by molar-refractivity contribution is 6.06. The van der Waals surface area contributed by atoms with E-state index >= 15 is 0 Å². The van der Waals surface area contributed by atoms with Gasteiger partial charge in [0.25, 0.3) is 5.91 Å². The molecule has 0 unspecified atom stereocenters. The fraction of sp³-hybridized carbons (Fsp3) is 0.500. The summed E-state index contributed by atoms with van der Waals surface area (Å²) in [7, 11) is 0. The molecule has 2 saturated heterocycles. The zero-order valence-electron chi connectivity index (χ0n) is 13.7. The van der Waals surface area contributed by atoms with E-state index in [1.807, 2.05) is 30.3 Å². The predicted molar refractivity (Wildman–Crippen MR) is 89.2 cm³/mol. The van der Waals surface area contributed by atoms with Gasteiger partial charge in [-0.25, -0.2) is 4.79 Å². The first-order chi connectivity index (χ1) is 11.6. The van der Waals surface area contributed by atoms with E-state index in [1.165, 1.54) is 0 Å². The molecular weight excluding hydrogens is 306 g/mol. The van der Waals surface area contributed by atoms with Crippen molar-refractivity contribution in [3.8, 4) is 0 Å². The first kappa shape index (κ1) is 16.5. The van der Waals surface area contributed by atoms with E-state index in [1.54, 1.807) is 4.90 Å². The van der Waals surface area contributed by atoms with Crippen LogP contribution < -0.4 is 5.32 Å². The molecule has 0 spiro atoms. The van der Waals surface area contributed by atoms with Crippen LogP contribution in [-0.2, 0) is 16.0 Å². The summed E-state index contributed by atoms with van der Waals surface area (Å²) in [6.07, 6.45) is 4.68. The average Bonchev–Trinajstić information content (AvgIpc) is 2.80. The van der Waals surface area contributed by atoms with Crippen molar-refractivity contribution in [3.05, 3.63) is 35.9 Å². The number of nitrogens with zero attached hydrogens (tertiary/aromatic N) is 2. The first-order valence-corrected chi connectivity index (χ1v) is 8.59. The van der Waals surface area contributed by atoms with Crippen molar-refractivity contribution in [2.24, 2.45) is 0 Å². The second kappa shape index (κ2) is 7.47. The Morgan fingerprint density at radius 1 is 1.04 bits per heavy atom. The summed E-state index contributed by atoms with van der Waals surface area (Å²) in [4.78, 5) is 39.8. The van der Waals surface area contributed by atoms with E-state index in [-0.39, 0.29) is 18.4 Å². The van der Waals surface area contributed by atoms with Gasteiger partial charge >= 0.3 is 6.03 Å². The minimum Gasteiger partial charge on any atom is -0.341 e. The lowest BCUT2D eigenvalue weighted by Gasteiger charge is -2.22. The molecule has 2 aliphatic rings. The highest BCUT2D eigenvalue weighted by Gasteiger charge is 2.39. The van der Waals surface area contributed by atoms with Crippen LogP contribution in [0.3, 0.4) is 0 Å². The number of amides is 4. The van der Waals surface area contributed by atoms with E-state index in [0.29, 0.717) is 6.42 Å². The zero-order chi connectivity index (χ0) is 16.9.